The van der Waals surface area contributed by atoms with Crippen LogP contribution in [-0.2, 0) is 0 Å². The molecule has 6 heteroatoms. The average molecular weight is 221 g/mol. The lowest BCUT2D eigenvalue weighted by atomic mass is 10.3. The van der Waals surface area contributed by atoms with Crippen LogP contribution in [0.1, 0.15) is 0 Å². The number of anilines is 2. The summed E-state index contributed by atoms with van der Waals surface area (Å²) in [6, 6.07) is 3.26. The minimum atomic E-state index is -0.367. The van der Waals surface area contributed by atoms with E-state index < -0.39 is 0 Å². The molecule has 0 radical (unpaired) electrons. The van der Waals surface area contributed by atoms with Crippen molar-refractivity contribution in [1.82, 2.24) is 9.88 Å². The SMILES string of the molecule is NC(=O)N1CCN(c2ncccc2N)CC1. The second-order valence-corrected chi connectivity index (χ2v) is 3.73. The molecule has 0 aliphatic carbocycles. The Labute approximate surface area is 93.8 Å². The van der Waals surface area contributed by atoms with Gasteiger partial charge in [-0.3, -0.25) is 0 Å². The Kier molecular flexibility index (Phi) is 2.80. The van der Waals surface area contributed by atoms with Crippen molar-refractivity contribution in [3.8, 4) is 0 Å². The summed E-state index contributed by atoms with van der Waals surface area (Å²) in [5.74, 6) is 0.784. The molecule has 2 heterocycles. The molecular weight excluding hydrogens is 206 g/mol. The van der Waals surface area contributed by atoms with Crippen molar-refractivity contribution >= 4 is 17.5 Å². The Morgan fingerprint density at radius 3 is 2.56 bits per heavy atom. The second kappa shape index (κ2) is 4.26. The quantitative estimate of drug-likeness (QED) is 0.691. The normalized spacial score (nSPS) is 16.2. The van der Waals surface area contributed by atoms with E-state index in [0.29, 0.717) is 31.9 Å². The van der Waals surface area contributed by atoms with Gasteiger partial charge < -0.3 is 21.3 Å². The fourth-order valence-corrected chi connectivity index (χ4v) is 1.81. The predicted octanol–water partition coefficient (Wildman–Crippen LogP) is -0.136. The van der Waals surface area contributed by atoms with Gasteiger partial charge in [0.25, 0.3) is 0 Å². The van der Waals surface area contributed by atoms with Gasteiger partial charge in [0.15, 0.2) is 5.82 Å². The zero-order chi connectivity index (χ0) is 11.5. The fourth-order valence-electron chi connectivity index (χ4n) is 1.81. The number of carbonyl (C=O) groups excluding carboxylic acids is 1. The van der Waals surface area contributed by atoms with E-state index in [1.807, 2.05) is 6.07 Å². The van der Waals surface area contributed by atoms with Crippen LogP contribution >= 0.6 is 0 Å². The molecule has 1 aromatic heterocycles. The molecule has 1 fully saturated rings. The Balaban J connectivity index is 2.05. The van der Waals surface area contributed by atoms with Crippen molar-refractivity contribution < 1.29 is 4.79 Å². The first kappa shape index (κ1) is 10.5. The fraction of sp³-hybridized carbons (Fsp3) is 0.400. The van der Waals surface area contributed by atoms with Crippen molar-refractivity contribution in [3.05, 3.63) is 18.3 Å². The number of rotatable bonds is 1. The second-order valence-electron chi connectivity index (χ2n) is 3.73. The molecule has 1 aliphatic heterocycles. The van der Waals surface area contributed by atoms with Gasteiger partial charge in [-0.05, 0) is 12.1 Å². The number of hydrogen-bond donors (Lipinski definition) is 2. The Bertz CT molecular complexity index is 387. The molecular formula is C10H15N5O. The van der Waals surface area contributed by atoms with Crippen LogP contribution in [0, 0.1) is 0 Å². The lowest BCUT2D eigenvalue weighted by Crippen LogP contribution is -2.50. The molecule has 1 aromatic rings. The summed E-state index contributed by atoms with van der Waals surface area (Å²) in [7, 11) is 0. The molecule has 0 atom stereocenters. The van der Waals surface area contributed by atoms with E-state index in [2.05, 4.69) is 9.88 Å². The lowest BCUT2D eigenvalue weighted by molar-refractivity contribution is 0.204. The van der Waals surface area contributed by atoms with Crippen molar-refractivity contribution in [3.63, 3.8) is 0 Å². The third kappa shape index (κ3) is 2.00. The van der Waals surface area contributed by atoms with Crippen molar-refractivity contribution in [1.29, 1.82) is 0 Å². The summed E-state index contributed by atoms with van der Waals surface area (Å²) < 4.78 is 0. The Morgan fingerprint density at radius 2 is 2.00 bits per heavy atom. The molecule has 2 amide bonds. The number of aromatic nitrogens is 1. The summed E-state index contributed by atoms with van der Waals surface area (Å²) in [6.45, 7) is 2.66. The highest BCUT2D eigenvalue weighted by Gasteiger charge is 2.20. The number of urea groups is 1. The first-order chi connectivity index (χ1) is 7.68. The van der Waals surface area contributed by atoms with Gasteiger partial charge >= 0.3 is 6.03 Å². The summed E-state index contributed by atoms with van der Waals surface area (Å²) >= 11 is 0. The van der Waals surface area contributed by atoms with Gasteiger partial charge in [0.2, 0.25) is 0 Å². The number of hydrogen-bond acceptors (Lipinski definition) is 4. The van der Waals surface area contributed by atoms with E-state index in [0.717, 1.165) is 5.82 Å². The third-order valence-electron chi connectivity index (χ3n) is 2.71. The van der Waals surface area contributed by atoms with Gasteiger partial charge in [-0.1, -0.05) is 0 Å². The molecule has 0 unspecified atom stereocenters. The number of nitrogens with zero attached hydrogens (tertiary/aromatic N) is 3. The van der Waals surface area contributed by atoms with Crippen molar-refractivity contribution in [2.45, 2.75) is 0 Å². The minimum absolute atomic E-state index is 0.367. The number of carbonyl (C=O) groups is 1. The van der Waals surface area contributed by atoms with Gasteiger partial charge in [0, 0.05) is 32.4 Å². The summed E-state index contributed by atoms with van der Waals surface area (Å²) in [5, 5.41) is 0. The molecule has 0 saturated carbocycles. The number of primary amides is 1. The zero-order valence-corrected chi connectivity index (χ0v) is 8.97. The highest BCUT2D eigenvalue weighted by atomic mass is 16.2. The number of amides is 2. The molecule has 0 bridgehead atoms. The number of piperazine rings is 1. The molecule has 1 aliphatic rings. The van der Waals surface area contributed by atoms with Crippen molar-refractivity contribution in [2.75, 3.05) is 36.8 Å². The standard InChI is InChI=1S/C10H15N5O/c11-8-2-1-3-13-9(8)14-4-6-15(7-5-14)10(12)16/h1-3H,4-7,11H2,(H2,12,16). The smallest absolute Gasteiger partial charge is 0.314 e. The highest BCUT2D eigenvalue weighted by Crippen LogP contribution is 2.20. The highest BCUT2D eigenvalue weighted by molar-refractivity contribution is 5.72. The Morgan fingerprint density at radius 1 is 1.31 bits per heavy atom. The molecule has 1 saturated heterocycles. The van der Waals surface area contributed by atoms with Crippen LogP contribution in [0.25, 0.3) is 0 Å². The monoisotopic (exact) mass is 221 g/mol. The van der Waals surface area contributed by atoms with E-state index >= 15 is 0 Å². The summed E-state index contributed by atoms with van der Waals surface area (Å²) in [5.41, 5.74) is 11.7. The zero-order valence-electron chi connectivity index (χ0n) is 8.97. The van der Waals surface area contributed by atoms with E-state index in [1.165, 1.54) is 0 Å². The average Bonchev–Trinajstić information content (AvgIpc) is 2.30. The molecule has 0 aromatic carbocycles. The van der Waals surface area contributed by atoms with Gasteiger partial charge in [0.05, 0.1) is 5.69 Å². The molecule has 6 nitrogen and oxygen atoms in total. The van der Waals surface area contributed by atoms with E-state index in [-0.39, 0.29) is 6.03 Å². The topological polar surface area (TPSA) is 88.5 Å². The van der Waals surface area contributed by atoms with Crippen LogP contribution in [0.3, 0.4) is 0 Å². The van der Waals surface area contributed by atoms with Crippen LogP contribution in [0.4, 0.5) is 16.3 Å². The van der Waals surface area contributed by atoms with Gasteiger partial charge in [-0.2, -0.15) is 0 Å². The minimum Gasteiger partial charge on any atom is -0.396 e. The Hall–Kier alpha value is -1.98. The summed E-state index contributed by atoms with van der Waals surface area (Å²) in [6.07, 6.45) is 1.71. The van der Waals surface area contributed by atoms with Crippen molar-refractivity contribution in [2.24, 2.45) is 5.73 Å². The van der Waals surface area contributed by atoms with Gasteiger partial charge in [-0.15, -0.1) is 0 Å². The molecule has 16 heavy (non-hydrogen) atoms. The number of nitrogens with two attached hydrogens (primary N) is 2. The molecule has 4 N–H and O–H groups in total. The van der Waals surface area contributed by atoms with Crippen LogP contribution in [0.15, 0.2) is 18.3 Å². The van der Waals surface area contributed by atoms with E-state index in [1.54, 1.807) is 17.2 Å². The number of nitrogen functional groups attached to an aromatic ring is 1. The third-order valence-corrected chi connectivity index (χ3v) is 2.71. The maximum atomic E-state index is 11.0. The predicted molar refractivity (Wildman–Crippen MR) is 62.0 cm³/mol. The maximum absolute atomic E-state index is 11.0. The molecule has 2 rings (SSSR count). The molecule has 86 valence electrons. The van der Waals surface area contributed by atoms with Gasteiger partial charge in [0.1, 0.15) is 0 Å². The van der Waals surface area contributed by atoms with Gasteiger partial charge in [-0.25, -0.2) is 9.78 Å². The lowest BCUT2D eigenvalue weighted by Gasteiger charge is -2.34. The van der Waals surface area contributed by atoms with Crippen LogP contribution < -0.4 is 16.4 Å². The molecule has 0 spiro atoms. The number of pyridine rings is 1. The van der Waals surface area contributed by atoms with Crippen LogP contribution in [0.5, 0.6) is 0 Å². The van der Waals surface area contributed by atoms with E-state index in [9.17, 15) is 4.79 Å². The van der Waals surface area contributed by atoms with Crippen LogP contribution in [0.2, 0.25) is 0 Å². The first-order valence-electron chi connectivity index (χ1n) is 5.18. The summed E-state index contributed by atoms with van der Waals surface area (Å²) in [4.78, 5) is 18.9. The van der Waals surface area contributed by atoms with Crippen LogP contribution in [-0.4, -0.2) is 42.1 Å². The largest absolute Gasteiger partial charge is 0.396 e. The maximum Gasteiger partial charge on any atom is 0.314 e. The van der Waals surface area contributed by atoms with E-state index in [4.69, 9.17) is 11.5 Å². The first-order valence-corrected chi connectivity index (χ1v) is 5.18.